The number of benzene rings is 3. The molecule has 37 heavy (non-hydrogen) atoms. The fourth-order valence-electron chi connectivity index (χ4n) is 4.45. The van der Waals surface area contributed by atoms with Crippen molar-refractivity contribution in [3.05, 3.63) is 115 Å². The molecule has 0 N–H and O–H groups in total. The van der Waals surface area contributed by atoms with Crippen molar-refractivity contribution >= 4 is 17.1 Å². The Balaban J connectivity index is 1.75. The Morgan fingerprint density at radius 3 is 1.38 bits per heavy atom. The van der Waals surface area contributed by atoms with Crippen LogP contribution in [-0.4, -0.2) is 19.6 Å². The first-order valence-electron chi connectivity index (χ1n) is 12.8. The monoisotopic (exact) mass is 489 g/mol. The van der Waals surface area contributed by atoms with E-state index in [-0.39, 0.29) is 10.8 Å². The molecule has 0 aliphatic heterocycles. The molecule has 2 heterocycles. The maximum absolute atomic E-state index is 4.46. The van der Waals surface area contributed by atoms with Crippen molar-refractivity contribution in [1.82, 2.24) is 19.6 Å². The zero-order valence-corrected chi connectivity index (χ0v) is 22.6. The van der Waals surface area contributed by atoms with Gasteiger partial charge in [-0.05, 0) is 82.6 Å². The summed E-state index contributed by atoms with van der Waals surface area (Å²) in [6.07, 6.45) is 7.56. The minimum Gasteiger partial charge on any atom is -0.310 e. The summed E-state index contributed by atoms with van der Waals surface area (Å²) in [6, 6.07) is 28.0. The molecule has 0 aliphatic rings. The standard InChI is InChI=1S/C32H35N5/c1-31(2,3)24-19-25(32(4,5)6)21-30(20-24)37(28-13-7-11-26(22-28)35-17-9-15-33-35)29-14-8-12-27(23-29)36-18-10-16-34-36/h7-23H,1-6H3. The third-order valence-corrected chi connectivity index (χ3v) is 6.62. The summed E-state index contributed by atoms with van der Waals surface area (Å²) in [5, 5.41) is 8.92. The summed E-state index contributed by atoms with van der Waals surface area (Å²) < 4.78 is 3.79. The Morgan fingerprint density at radius 1 is 0.541 bits per heavy atom. The summed E-state index contributed by atoms with van der Waals surface area (Å²) in [5.74, 6) is 0. The summed E-state index contributed by atoms with van der Waals surface area (Å²) in [4.78, 5) is 2.34. The Morgan fingerprint density at radius 2 is 1.00 bits per heavy atom. The average molecular weight is 490 g/mol. The number of hydrogen-bond donors (Lipinski definition) is 0. The van der Waals surface area contributed by atoms with Crippen LogP contribution < -0.4 is 4.90 Å². The summed E-state index contributed by atoms with van der Waals surface area (Å²) in [7, 11) is 0. The number of nitrogens with zero attached hydrogens (tertiary/aromatic N) is 5. The molecule has 5 rings (SSSR count). The van der Waals surface area contributed by atoms with Crippen LogP contribution in [0.4, 0.5) is 17.1 Å². The van der Waals surface area contributed by atoms with Crippen LogP contribution >= 0.6 is 0 Å². The van der Waals surface area contributed by atoms with E-state index in [4.69, 9.17) is 0 Å². The second-order valence-electron chi connectivity index (χ2n) is 11.5. The molecular formula is C32H35N5. The van der Waals surface area contributed by atoms with Gasteiger partial charge in [0.1, 0.15) is 0 Å². The van der Waals surface area contributed by atoms with Crippen molar-refractivity contribution in [3.8, 4) is 11.4 Å². The first kappa shape index (κ1) is 24.6. The Labute approximate surface area is 220 Å². The lowest BCUT2D eigenvalue weighted by Gasteiger charge is -2.31. The highest BCUT2D eigenvalue weighted by atomic mass is 15.3. The number of hydrogen-bond acceptors (Lipinski definition) is 3. The molecule has 3 aromatic carbocycles. The molecule has 188 valence electrons. The first-order chi connectivity index (χ1) is 17.6. The van der Waals surface area contributed by atoms with E-state index in [1.807, 2.05) is 33.9 Å². The summed E-state index contributed by atoms with van der Waals surface area (Å²) in [6.45, 7) is 13.7. The van der Waals surface area contributed by atoms with Crippen LogP contribution in [0.3, 0.4) is 0 Å². The van der Waals surface area contributed by atoms with Gasteiger partial charge in [0.25, 0.3) is 0 Å². The molecule has 0 saturated carbocycles. The van der Waals surface area contributed by atoms with E-state index in [2.05, 4.69) is 123 Å². The molecule has 0 saturated heterocycles. The Hall–Kier alpha value is -4.12. The van der Waals surface area contributed by atoms with Crippen molar-refractivity contribution in [1.29, 1.82) is 0 Å². The maximum atomic E-state index is 4.46. The lowest BCUT2D eigenvalue weighted by atomic mass is 9.80. The van der Waals surface area contributed by atoms with Crippen LogP contribution in [0.2, 0.25) is 0 Å². The molecule has 5 aromatic rings. The van der Waals surface area contributed by atoms with Gasteiger partial charge in [0.05, 0.1) is 11.4 Å². The molecule has 2 aromatic heterocycles. The lowest BCUT2D eigenvalue weighted by molar-refractivity contribution is 0.569. The van der Waals surface area contributed by atoms with Crippen LogP contribution in [0, 0.1) is 0 Å². The zero-order chi connectivity index (χ0) is 26.2. The summed E-state index contributed by atoms with van der Waals surface area (Å²) in [5.41, 5.74) is 7.93. The van der Waals surface area contributed by atoms with Crippen LogP contribution in [-0.2, 0) is 10.8 Å². The second-order valence-corrected chi connectivity index (χ2v) is 11.5. The van der Waals surface area contributed by atoms with E-state index < -0.39 is 0 Å². The molecular weight excluding hydrogens is 454 g/mol. The van der Waals surface area contributed by atoms with Gasteiger partial charge >= 0.3 is 0 Å². The normalized spacial score (nSPS) is 12.1. The SMILES string of the molecule is CC(C)(C)c1cc(N(c2cccc(-n3cccn3)c2)c2cccc(-n3cccn3)c2)cc(C(C)(C)C)c1. The Bertz CT molecular complexity index is 1370. The molecule has 0 unspecified atom stereocenters. The van der Waals surface area contributed by atoms with E-state index in [1.54, 1.807) is 12.4 Å². The number of aromatic nitrogens is 4. The highest BCUT2D eigenvalue weighted by Crippen LogP contribution is 2.40. The minimum atomic E-state index is 0.00942. The van der Waals surface area contributed by atoms with Gasteiger partial charge in [-0.3, -0.25) is 0 Å². The van der Waals surface area contributed by atoms with E-state index >= 15 is 0 Å². The topological polar surface area (TPSA) is 38.9 Å². The van der Waals surface area contributed by atoms with E-state index in [0.717, 1.165) is 28.4 Å². The Kier molecular flexibility index (Phi) is 6.24. The van der Waals surface area contributed by atoms with Gasteiger partial charge in [0.15, 0.2) is 0 Å². The molecule has 0 atom stereocenters. The van der Waals surface area contributed by atoms with Gasteiger partial charge in [0.2, 0.25) is 0 Å². The molecule has 5 heteroatoms. The van der Waals surface area contributed by atoms with Crippen molar-refractivity contribution < 1.29 is 0 Å². The second kappa shape index (κ2) is 9.40. The lowest BCUT2D eigenvalue weighted by Crippen LogP contribution is -2.19. The molecule has 5 nitrogen and oxygen atoms in total. The van der Waals surface area contributed by atoms with E-state index in [9.17, 15) is 0 Å². The maximum Gasteiger partial charge on any atom is 0.0666 e. The van der Waals surface area contributed by atoms with Gasteiger partial charge in [-0.1, -0.05) is 59.7 Å². The van der Waals surface area contributed by atoms with Crippen LogP contribution in [0.25, 0.3) is 11.4 Å². The number of anilines is 3. The molecule has 0 bridgehead atoms. The minimum absolute atomic E-state index is 0.00942. The van der Waals surface area contributed by atoms with Gasteiger partial charge in [0, 0.05) is 41.8 Å². The van der Waals surface area contributed by atoms with Crippen molar-refractivity contribution in [2.24, 2.45) is 0 Å². The van der Waals surface area contributed by atoms with Crippen LogP contribution in [0.1, 0.15) is 52.7 Å². The molecule has 0 radical (unpaired) electrons. The highest BCUT2D eigenvalue weighted by Gasteiger charge is 2.23. The summed E-state index contributed by atoms with van der Waals surface area (Å²) >= 11 is 0. The van der Waals surface area contributed by atoms with Crippen LogP contribution in [0.15, 0.2) is 104 Å². The predicted octanol–water partition coefficient (Wildman–Crippen LogP) is 8.12. The average Bonchev–Trinajstić information content (AvgIpc) is 3.58. The number of rotatable bonds is 5. The molecule has 0 spiro atoms. The highest BCUT2D eigenvalue weighted by molar-refractivity contribution is 5.79. The largest absolute Gasteiger partial charge is 0.310 e. The fraction of sp³-hybridized carbons (Fsp3) is 0.250. The quantitative estimate of drug-likeness (QED) is 0.250. The van der Waals surface area contributed by atoms with Gasteiger partial charge in [-0.2, -0.15) is 10.2 Å². The van der Waals surface area contributed by atoms with Crippen molar-refractivity contribution in [3.63, 3.8) is 0 Å². The molecule has 0 fully saturated rings. The predicted molar refractivity (Wildman–Crippen MR) is 153 cm³/mol. The van der Waals surface area contributed by atoms with Gasteiger partial charge < -0.3 is 4.90 Å². The van der Waals surface area contributed by atoms with Gasteiger partial charge in [-0.15, -0.1) is 0 Å². The van der Waals surface area contributed by atoms with Gasteiger partial charge in [-0.25, -0.2) is 9.36 Å². The van der Waals surface area contributed by atoms with E-state index in [0.29, 0.717) is 0 Å². The first-order valence-corrected chi connectivity index (χ1v) is 12.8. The van der Waals surface area contributed by atoms with Crippen molar-refractivity contribution in [2.45, 2.75) is 52.4 Å². The smallest absolute Gasteiger partial charge is 0.0666 e. The fourth-order valence-corrected chi connectivity index (χ4v) is 4.45. The zero-order valence-electron chi connectivity index (χ0n) is 22.6. The molecule has 0 aliphatic carbocycles. The van der Waals surface area contributed by atoms with Crippen LogP contribution in [0.5, 0.6) is 0 Å². The third kappa shape index (κ3) is 5.21. The third-order valence-electron chi connectivity index (χ3n) is 6.62. The van der Waals surface area contributed by atoms with E-state index in [1.165, 1.54) is 11.1 Å². The van der Waals surface area contributed by atoms with Crippen molar-refractivity contribution in [2.75, 3.05) is 4.90 Å². The molecule has 0 amide bonds.